The van der Waals surface area contributed by atoms with Gasteiger partial charge in [-0.3, -0.25) is 9.10 Å². The van der Waals surface area contributed by atoms with Crippen LogP contribution < -0.4 is 9.62 Å². The van der Waals surface area contributed by atoms with Crippen LogP contribution in [0.3, 0.4) is 0 Å². The molecule has 0 aliphatic heterocycles. The van der Waals surface area contributed by atoms with Gasteiger partial charge >= 0.3 is 5.97 Å². The van der Waals surface area contributed by atoms with Crippen LogP contribution in [0.2, 0.25) is 0 Å². The van der Waals surface area contributed by atoms with Crippen LogP contribution in [0.1, 0.15) is 27.0 Å². The van der Waals surface area contributed by atoms with Gasteiger partial charge in [0.1, 0.15) is 0 Å². The first-order valence-corrected chi connectivity index (χ1v) is 11.7. The number of hydrogen-bond donors (Lipinski definition) is 1. The number of carbonyl (C=O) groups excluding carboxylic acids is 2. The van der Waals surface area contributed by atoms with Gasteiger partial charge in [0.15, 0.2) is 6.61 Å². The minimum Gasteiger partial charge on any atom is -0.452 e. The summed E-state index contributed by atoms with van der Waals surface area (Å²) in [6.45, 7) is 5.16. The molecule has 33 heavy (non-hydrogen) atoms. The summed E-state index contributed by atoms with van der Waals surface area (Å²) in [7, 11) is -2.45. The maximum absolute atomic E-state index is 13.0. The third kappa shape index (κ3) is 5.59. The van der Waals surface area contributed by atoms with Crippen molar-refractivity contribution in [2.45, 2.75) is 25.7 Å². The van der Waals surface area contributed by atoms with Crippen molar-refractivity contribution in [2.24, 2.45) is 0 Å². The molecule has 0 saturated carbocycles. The number of hydrogen-bond acceptors (Lipinski definition) is 5. The molecule has 3 rings (SSSR count). The Morgan fingerprint density at radius 2 is 1.52 bits per heavy atom. The van der Waals surface area contributed by atoms with Gasteiger partial charge in [-0.15, -0.1) is 0 Å². The van der Waals surface area contributed by atoms with E-state index in [4.69, 9.17) is 4.74 Å². The smallest absolute Gasteiger partial charge is 0.338 e. The second-order valence-electron chi connectivity index (χ2n) is 7.73. The predicted octanol–water partition coefficient (Wildman–Crippen LogP) is 4.23. The summed E-state index contributed by atoms with van der Waals surface area (Å²) in [4.78, 5) is 24.7. The molecule has 0 aromatic heterocycles. The summed E-state index contributed by atoms with van der Waals surface area (Å²) < 4.78 is 32.3. The summed E-state index contributed by atoms with van der Waals surface area (Å²) in [5.74, 6) is -1.27. The van der Waals surface area contributed by atoms with E-state index >= 15 is 0 Å². The SMILES string of the molecule is Cc1ccc(N(C)S(=O)(=O)c2cccc(C(=O)OCC(=O)Nc3c(C)cccc3C)c2)cc1. The van der Waals surface area contributed by atoms with E-state index in [1.807, 2.05) is 51.1 Å². The predicted molar refractivity (Wildman–Crippen MR) is 128 cm³/mol. The van der Waals surface area contributed by atoms with E-state index in [2.05, 4.69) is 5.32 Å². The molecule has 0 fully saturated rings. The van der Waals surface area contributed by atoms with E-state index in [0.29, 0.717) is 11.4 Å². The molecule has 7 nitrogen and oxygen atoms in total. The molecule has 0 bridgehead atoms. The van der Waals surface area contributed by atoms with Gasteiger partial charge in [0.05, 0.1) is 16.1 Å². The zero-order valence-electron chi connectivity index (χ0n) is 19.0. The number of ether oxygens (including phenoxy) is 1. The lowest BCUT2D eigenvalue weighted by Crippen LogP contribution is -2.27. The first kappa shape index (κ1) is 24.0. The van der Waals surface area contributed by atoms with Crippen LogP contribution in [-0.4, -0.2) is 33.9 Å². The highest BCUT2D eigenvalue weighted by Gasteiger charge is 2.23. The van der Waals surface area contributed by atoms with Crippen molar-refractivity contribution >= 4 is 33.3 Å². The third-order valence-electron chi connectivity index (χ3n) is 5.21. The number of carbonyl (C=O) groups is 2. The van der Waals surface area contributed by atoms with Crippen molar-refractivity contribution in [2.75, 3.05) is 23.3 Å². The highest BCUT2D eigenvalue weighted by Crippen LogP contribution is 2.23. The normalized spacial score (nSPS) is 11.0. The number of para-hydroxylation sites is 1. The first-order chi connectivity index (χ1) is 15.6. The van der Waals surface area contributed by atoms with Crippen molar-refractivity contribution in [3.8, 4) is 0 Å². The Kier molecular flexibility index (Phi) is 7.18. The molecule has 0 atom stereocenters. The molecule has 8 heteroatoms. The quantitative estimate of drug-likeness (QED) is 0.526. The second-order valence-corrected chi connectivity index (χ2v) is 9.70. The van der Waals surface area contributed by atoms with E-state index in [-0.39, 0.29) is 10.5 Å². The van der Waals surface area contributed by atoms with Crippen molar-refractivity contribution in [1.82, 2.24) is 0 Å². The summed E-state index contributed by atoms with van der Waals surface area (Å²) in [6, 6.07) is 18.2. The number of nitrogens with one attached hydrogen (secondary N) is 1. The Morgan fingerprint density at radius 1 is 0.909 bits per heavy atom. The number of benzene rings is 3. The molecule has 0 heterocycles. The lowest BCUT2D eigenvalue weighted by molar-refractivity contribution is -0.119. The highest BCUT2D eigenvalue weighted by atomic mass is 32.2. The Balaban J connectivity index is 1.70. The number of anilines is 2. The van der Waals surface area contributed by atoms with E-state index in [1.54, 1.807) is 12.1 Å². The number of esters is 1. The number of amides is 1. The Labute approximate surface area is 194 Å². The fourth-order valence-electron chi connectivity index (χ4n) is 3.24. The monoisotopic (exact) mass is 466 g/mol. The molecule has 0 unspecified atom stereocenters. The summed E-state index contributed by atoms with van der Waals surface area (Å²) >= 11 is 0. The van der Waals surface area contributed by atoms with Crippen molar-refractivity contribution in [3.63, 3.8) is 0 Å². The van der Waals surface area contributed by atoms with E-state index in [1.165, 1.54) is 31.3 Å². The maximum atomic E-state index is 13.0. The molecule has 172 valence electrons. The van der Waals surface area contributed by atoms with E-state index in [0.717, 1.165) is 21.0 Å². The van der Waals surface area contributed by atoms with Gasteiger partial charge in [-0.25, -0.2) is 13.2 Å². The van der Waals surface area contributed by atoms with Crippen molar-refractivity contribution in [1.29, 1.82) is 0 Å². The molecule has 3 aromatic rings. The molecule has 0 radical (unpaired) electrons. The number of sulfonamides is 1. The minimum atomic E-state index is -3.90. The number of nitrogens with zero attached hydrogens (tertiary/aromatic N) is 1. The largest absolute Gasteiger partial charge is 0.452 e. The summed E-state index contributed by atoms with van der Waals surface area (Å²) in [6.07, 6.45) is 0. The summed E-state index contributed by atoms with van der Waals surface area (Å²) in [5.41, 5.74) is 4.00. The van der Waals surface area contributed by atoms with Gasteiger partial charge in [0, 0.05) is 12.7 Å². The average Bonchev–Trinajstić information content (AvgIpc) is 2.80. The van der Waals surface area contributed by atoms with Crippen LogP contribution >= 0.6 is 0 Å². The molecule has 3 aromatic carbocycles. The topological polar surface area (TPSA) is 92.8 Å². The molecule has 1 N–H and O–H groups in total. The van der Waals surface area contributed by atoms with Gasteiger partial charge in [-0.2, -0.15) is 0 Å². The summed E-state index contributed by atoms with van der Waals surface area (Å²) in [5, 5.41) is 2.74. The van der Waals surface area contributed by atoms with E-state index < -0.39 is 28.5 Å². The molecule has 1 amide bonds. The molecular weight excluding hydrogens is 440 g/mol. The minimum absolute atomic E-state index is 0.0354. The fourth-order valence-corrected chi connectivity index (χ4v) is 4.48. The van der Waals surface area contributed by atoms with Crippen LogP contribution in [0.15, 0.2) is 71.6 Å². The van der Waals surface area contributed by atoms with E-state index in [9.17, 15) is 18.0 Å². The maximum Gasteiger partial charge on any atom is 0.338 e. The van der Waals surface area contributed by atoms with Crippen LogP contribution in [-0.2, 0) is 19.6 Å². The Morgan fingerprint density at radius 3 is 2.15 bits per heavy atom. The first-order valence-electron chi connectivity index (χ1n) is 10.3. The molecule has 0 saturated heterocycles. The van der Waals surface area contributed by atoms with Gasteiger partial charge in [-0.1, -0.05) is 42.0 Å². The fraction of sp³-hybridized carbons (Fsp3) is 0.200. The third-order valence-corrected chi connectivity index (χ3v) is 6.99. The zero-order chi connectivity index (χ0) is 24.2. The number of aryl methyl sites for hydroxylation is 3. The number of rotatable bonds is 7. The second kappa shape index (κ2) is 9.87. The van der Waals surface area contributed by atoms with Crippen molar-refractivity contribution in [3.05, 3.63) is 89.0 Å². The van der Waals surface area contributed by atoms with Crippen molar-refractivity contribution < 1.29 is 22.7 Å². The highest BCUT2D eigenvalue weighted by molar-refractivity contribution is 7.92. The van der Waals surface area contributed by atoms with Gasteiger partial charge < -0.3 is 10.1 Å². The molecule has 0 spiro atoms. The van der Waals surface area contributed by atoms with Crippen LogP contribution in [0.4, 0.5) is 11.4 Å². The van der Waals surface area contributed by atoms with Gasteiger partial charge in [0.2, 0.25) is 0 Å². The van der Waals surface area contributed by atoms with Crippen LogP contribution in [0, 0.1) is 20.8 Å². The molecular formula is C25H26N2O5S. The lowest BCUT2D eigenvalue weighted by Gasteiger charge is -2.20. The van der Waals surface area contributed by atoms with Crippen LogP contribution in [0.5, 0.6) is 0 Å². The average molecular weight is 467 g/mol. The van der Waals surface area contributed by atoms with Gasteiger partial charge in [-0.05, 0) is 62.2 Å². The lowest BCUT2D eigenvalue weighted by atomic mass is 10.1. The zero-order valence-corrected chi connectivity index (χ0v) is 19.8. The Bertz CT molecular complexity index is 1260. The van der Waals surface area contributed by atoms with Crippen LogP contribution in [0.25, 0.3) is 0 Å². The molecule has 0 aliphatic carbocycles. The molecule has 0 aliphatic rings. The standard InChI is InChI=1S/C25H26N2O5S/c1-17-11-13-21(14-12-17)27(4)33(30,31)22-10-6-9-20(15-22)25(29)32-16-23(28)26-24-18(2)7-5-8-19(24)3/h5-15H,16H2,1-4H3,(H,26,28). The van der Waals surface area contributed by atoms with Gasteiger partial charge in [0.25, 0.3) is 15.9 Å². The Hall–Kier alpha value is -3.65.